The maximum Gasteiger partial charge on any atom is 0.164 e. The van der Waals surface area contributed by atoms with Crippen molar-refractivity contribution in [1.82, 2.24) is 0 Å². The van der Waals surface area contributed by atoms with E-state index in [9.17, 15) is 5.21 Å². The van der Waals surface area contributed by atoms with E-state index < -0.39 is 0 Å². The summed E-state index contributed by atoms with van der Waals surface area (Å²) in [6.07, 6.45) is 3.20. The van der Waals surface area contributed by atoms with Gasteiger partial charge < -0.3 is 10.3 Å². The van der Waals surface area contributed by atoms with Crippen molar-refractivity contribution in [3.63, 3.8) is 0 Å². The van der Waals surface area contributed by atoms with Crippen LogP contribution in [0, 0.1) is 5.21 Å². The first kappa shape index (κ1) is 12.6. The van der Waals surface area contributed by atoms with Crippen LogP contribution in [0.15, 0.2) is 24.3 Å². The van der Waals surface area contributed by atoms with E-state index in [2.05, 4.69) is 0 Å². The van der Waals surface area contributed by atoms with Crippen molar-refractivity contribution >= 4 is 6.21 Å². The molecule has 16 heavy (non-hydrogen) atoms. The lowest BCUT2D eigenvalue weighted by Gasteiger charge is -2.18. The van der Waals surface area contributed by atoms with Crippen LogP contribution < -0.4 is 0 Å². The lowest BCUT2D eigenvalue weighted by molar-refractivity contribution is -0.532. The summed E-state index contributed by atoms with van der Waals surface area (Å²) in [6.45, 7) is 5.66. The summed E-state index contributed by atoms with van der Waals surface area (Å²) in [7, 11) is 0. The number of rotatable bonds is 3. The Morgan fingerprint density at radius 2 is 1.81 bits per heavy atom. The van der Waals surface area contributed by atoms with Gasteiger partial charge in [-0.15, -0.1) is 0 Å². The second-order valence-corrected chi connectivity index (χ2v) is 4.88. The highest BCUT2D eigenvalue weighted by Gasteiger charge is 2.17. The van der Waals surface area contributed by atoms with E-state index >= 15 is 0 Å². The standard InChI is InChI=1S/C13H19NO2/c1-13(2,3)14(16)10-4-5-11-6-8-12(15)9-7-11/h6-10,15H,4-5H2,1-3H3/b14-10+. The summed E-state index contributed by atoms with van der Waals surface area (Å²) in [6, 6.07) is 7.06. The summed E-state index contributed by atoms with van der Waals surface area (Å²) in [5, 5.41) is 20.6. The van der Waals surface area contributed by atoms with Gasteiger partial charge in [0.1, 0.15) is 5.75 Å². The van der Waals surface area contributed by atoms with Crippen molar-refractivity contribution in [2.24, 2.45) is 0 Å². The van der Waals surface area contributed by atoms with E-state index in [1.54, 1.807) is 18.3 Å². The Kier molecular flexibility index (Phi) is 3.93. The Morgan fingerprint density at radius 1 is 1.25 bits per heavy atom. The lowest BCUT2D eigenvalue weighted by Crippen LogP contribution is -2.29. The molecule has 0 heterocycles. The Balaban J connectivity index is 2.50. The molecule has 0 atom stereocenters. The predicted molar refractivity (Wildman–Crippen MR) is 65.9 cm³/mol. The van der Waals surface area contributed by atoms with Crippen molar-refractivity contribution in [3.8, 4) is 5.75 Å². The zero-order chi connectivity index (χ0) is 12.2. The van der Waals surface area contributed by atoms with Crippen LogP contribution in [0.4, 0.5) is 0 Å². The quantitative estimate of drug-likeness (QED) is 0.369. The number of hydrogen-bond acceptors (Lipinski definition) is 2. The molecule has 1 aromatic rings. The number of nitrogens with zero attached hydrogens (tertiary/aromatic N) is 1. The number of hydroxylamine groups is 1. The van der Waals surface area contributed by atoms with E-state index in [0.717, 1.165) is 16.7 Å². The second kappa shape index (κ2) is 5.01. The Bertz CT molecular complexity index is 361. The van der Waals surface area contributed by atoms with Gasteiger partial charge in [0, 0.05) is 27.2 Å². The van der Waals surface area contributed by atoms with Gasteiger partial charge in [0.25, 0.3) is 0 Å². The Hall–Kier alpha value is -1.51. The third kappa shape index (κ3) is 3.93. The first-order valence-corrected chi connectivity index (χ1v) is 5.47. The first-order valence-electron chi connectivity index (χ1n) is 5.47. The summed E-state index contributed by atoms with van der Waals surface area (Å²) in [4.78, 5) is 0. The molecule has 0 radical (unpaired) electrons. The van der Waals surface area contributed by atoms with Gasteiger partial charge in [0.15, 0.2) is 11.8 Å². The van der Waals surface area contributed by atoms with Gasteiger partial charge in [-0.25, -0.2) is 4.74 Å². The van der Waals surface area contributed by atoms with Crippen LogP contribution in [-0.2, 0) is 6.42 Å². The van der Waals surface area contributed by atoms with Crippen LogP contribution >= 0.6 is 0 Å². The molecule has 0 aliphatic heterocycles. The fraction of sp³-hybridized carbons (Fsp3) is 0.462. The molecule has 3 heteroatoms. The van der Waals surface area contributed by atoms with E-state index in [4.69, 9.17) is 5.11 Å². The number of aromatic hydroxyl groups is 1. The summed E-state index contributed by atoms with van der Waals surface area (Å²) < 4.78 is 0.993. The minimum atomic E-state index is -0.366. The zero-order valence-electron chi connectivity index (χ0n) is 10.1. The highest BCUT2D eigenvalue weighted by Crippen LogP contribution is 2.11. The van der Waals surface area contributed by atoms with Crippen molar-refractivity contribution in [2.75, 3.05) is 0 Å². The minimum absolute atomic E-state index is 0.271. The van der Waals surface area contributed by atoms with Gasteiger partial charge in [0.2, 0.25) is 0 Å². The fourth-order valence-corrected chi connectivity index (χ4v) is 1.28. The largest absolute Gasteiger partial charge is 0.624 e. The van der Waals surface area contributed by atoms with Gasteiger partial charge in [0.05, 0.1) is 0 Å². The van der Waals surface area contributed by atoms with E-state index in [1.165, 1.54) is 0 Å². The van der Waals surface area contributed by atoms with Crippen LogP contribution in [0.2, 0.25) is 0 Å². The summed E-state index contributed by atoms with van der Waals surface area (Å²) in [5.41, 5.74) is 0.756. The molecule has 0 aliphatic rings. The molecule has 0 saturated carbocycles. The van der Waals surface area contributed by atoms with E-state index in [0.29, 0.717) is 6.42 Å². The molecule has 0 aromatic heterocycles. The van der Waals surface area contributed by atoms with Crippen LogP contribution in [0.1, 0.15) is 32.8 Å². The van der Waals surface area contributed by atoms with Crippen molar-refractivity contribution in [1.29, 1.82) is 0 Å². The SMILES string of the molecule is CC(C)(C)/[N+]([O-])=C\CCc1ccc(O)cc1. The Labute approximate surface area is 96.6 Å². The maximum absolute atomic E-state index is 11.5. The van der Waals surface area contributed by atoms with E-state index in [-0.39, 0.29) is 11.3 Å². The highest BCUT2D eigenvalue weighted by atomic mass is 16.5. The Morgan fingerprint density at radius 3 is 2.31 bits per heavy atom. The average molecular weight is 221 g/mol. The normalized spacial score (nSPS) is 12.8. The molecule has 0 unspecified atom stereocenters. The smallest absolute Gasteiger partial charge is 0.164 e. The van der Waals surface area contributed by atoms with Crippen LogP contribution in [-0.4, -0.2) is 21.6 Å². The minimum Gasteiger partial charge on any atom is -0.624 e. The zero-order valence-corrected chi connectivity index (χ0v) is 10.1. The van der Waals surface area contributed by atoms with Gasteiger partial charge in [-0.2, -0.15) is 0 Å². The lowest BCUT2D eigenvalue weighted by atomic mass is 10.1. The first-order chi connectivity index (χ1) is 7.39. The molecule has 3 nitrogen and oxygen atoms in total. The molecule has 0 aliphatic carbocycles. The van der Waals surface area contributed by atoms with Crippen LogP contribution in [0.5, 0.6) is 5.75 Å². The second-order valence-electron chi connectivity index (χ2n) is 4.88. The van der Waals surface area contributed by atoms with Gasteiger partial charge in [-0.3, -0.25) is 0 Å². The molecular formula is C13H19NO2. The molecule has 0 fully saturated rings. The summed E-state index contributed by atoms with van der Waals surface area (Å²) >= 11 is 0. The molecule has 0 saturated heterocycles. The topological polar surface area (TPSA) is 46.3 Å². The summed E-state index contributed by atoms with van der Waals surface area (Å²) in [5.74, 6) is 0.271. The number of benzene rings is 1. The van der Waals surface area contributed by atoms with Crippen LogP contribution in [0.3, 0.4) is 0 Å². The highest BCUT2D eigenvalue weighted by molar-refractivity contribution is 5.52. The third-order valence-corrected chi connectivity index (χ3v) is 2.33. The van der Waals surface area contributed by atoms with Gasteiger partial charge in [-0.05, 0) is 24.1 Å². The van der Waals surface area contributed by atoms with Gasteiger partial charge in [-0.1, -0.05) is 12.1 Å². The van der Waals surface area contributed by atoms with Crippen molar-refractivity contribution in [3.05, 3.63) is 35.0 Å². The maximum atomic E-state index is 11.5. The average Bonchev–Trinajstić information content (AvgIpc) is 2.19. The monoisotopic (exact) mass is 221 g/mol. The molecule has 0 amide bonds. The molecule has 1 rings (SSSR count). The van der Waals surface area contributed by atoms with Gasteiger partial charge >= 0.3 is 0 Å². The van der Waals surface area contributed by atoms with Crippen molar-refractivity contribution in [2.45, 2.75) is 39.2 Å². The molecule has 1 aromatic carbocycles. The molecule has 1 N–H and O–H groups in total. The number of phenolic OH excluding ortho intramolecular Hbond substituents is 1. The fourth-order valence-electron chi connectivity index (χ4n) is 1.28. The van der Waals surface area contributed by atoms with Crippen LogP contribution in [0.25, 0.3) is 0 Å². The molecule has 0 spiro atoms. The number of aryl methyl sites for hydroxylation is 1. The molecule has 88 valence electrons. The van der Waals surface area contributed by atoms with Crippen molar-refractivity contribution < 1.29 is 9.85 Å². The number of hydrogen-bond donors (Lipinski definition) is 1. The molecule has 0 bridgehead atoms. The molecular weight excluding hydrogens is 202 g/mol. The van der Waals surface area contributed by atoms with E-state index in [1.807, 2.05) is 32.9 Å². The number of phenols is 1. The third-order valence-electron chi connectivity index (χ3n) is 2.33. The predicted octanol–water partition coefficient (Wildman–Crippen LogP) is 2.70.